The van der Waals surface area contributed by atoms with Gasteiger partial charge < -0.3 is 10.1 Å². The number of nitrogens with zero attached hydrogens (tertiary/aromatic N) is 2. The van der Waals surface area contributed by atoms with E-state index >= 15 is 0 Å². The molecule has 3 rings (SSSR count). The molecule has 1 N–H and O–H groups in total. The first-order valence-corrected chi connectivity index (χ1v) is 10.7. The van der Waals surface area contributed by atoms with Gasteiger partial charge in [-0.2, -0.15) is 0 Å². The molecule has 0 radical (unpaired) electrons. The third kappa shape index (κ3) is 5.29. The lowest BCUT2D eigenvalue weighted by Gasteiger charge is -2.33. The molecule has 2 amide bonds. The second-order valence-electron chi connectivity index (χ2n) is 6.87. The van der Waals surface area contributed by atoms with Crippen molar-refractivity contribution in [1.29, 1.82) is 0 Å². The Balaban J connectivity index is 1.82. The van der Waals surface area contributed by atoms with Crippen LogP contribution in [0.5, 0.6) is 0 Å². The summed E-state index contributed by atoms with van der Waals surface area (Å²) in [7, 11) is 0. The molecule has 1 aliphatic heterocycles. The highest BCUT2D eigenvalue weighted by Crippen LogP contribution is 2.31. The molecule has 0 aromatic heterocycles. The number of para-hydroxylation sites is 1. The van der Waals surface area contributed by atoms with Crippen molar-refractivity contribution >= 4 is 33.6 Å². The van der Waals surface area contributed by atoms with Crippen LogP contribution in [0.25, 0.3) is 0 Å². The topological polar surface area (TPSA) is 61.9 Å². The number of ether oxygens (including phenoxy) is 1. The van der Waals surface area contributed by atoms with Crippen LogP contribution in [-0.4, -0.2) is 36.7 Å². The van der Waals surface area contributed by atoms with Crippen molar-refractivity contribution in [3.8, 4) is 0 Å². The monoisotopic (exact) mass is 459 g/mol. The number of amides is 2. The Morgan fingerprint density at radius 1 is 1.10 bits per heavy atom. The van der Waals surface area contributed by atoms with E-state index in [0.717, 1.165) is 41.5 Å². The number of benzene rings is 2. The van der Waals surface area contributed by atoms with E-state index in [1.165, 1.54) is 0 Å². The van der Waals surface area contributed by atoms with Gasteiger partial charge in [0.25, 0.3) is 5.91 Å². The maximum Gasteiger partial charge on any atom is 0.408 e. The van der Waals surface area contributed by atoms with E-state index in [-0.39, 0.29) is 5.91 Å². The number of anilines is 1. The largest absolute Gasteiger partial charge is 0.450 e. The second kappa shape index (κ2) is 10.3. The van der Waals surface area contributed by atoms with E-state index in [0.29, 0.717) is 13.2 Å². The quantitative estimate of drug-likeness (QED) is 0.610. The van der Waals surface area contributed by atoms with Crippen molar-refractivity contribution in [1.82, 2.24) is 10.3 Å². The predicted molar refractivity (Wildman–Crippen MR) is 116 cm³/mol. The zero-order chi connectivity index (χ0) is 20.6. The molecule has 1 fully saturated rings. The third-order valence-corrected chi connectivity index (χ3v) is 5.46. The van der Waals surface area contributed by atoms with Crippen molar-refractivity contribution < 1.29 is 14.3 Å². The van der Waals surface area contributed by atoms with Gasteiger partial charge in [0.15, 0.2) is 0 Å². The molecule has 6 nitrogen and oxygen atoms in total. The molecular weight excluding hydrogens is 434 g/mol. The fourth-order valence-corrected chi connectivity index (χ4v) is 3.79. The number of carbonyl (C=O) groups excluding carboxylic acids is 2. The molecule has 0 aliphatic carbocycles. The second-order valence-corrected chi connectivity index (χ2v) is 7.72. The minimum Gasteiger partial charge on any atom is -0.450 e. The number of hydrogen-bond donors (Lipinski definition) is 1. The molecular formula is C22H26BrN3O3. The van der Waals surface area contributed by atoms with Gasteiger partial charge in [0.2, 0.25) is 0 Å². The number of unbranched alkanes of at least 4 members (excludes halogenated alkanes) is 1. The molecule has 0 spiro atoms. The lowest BCUT2D eigenvalue weighted by atomic mass is 10.1. The molecule has 1 aliphatic rings. The van der Waals surface area contributed by atoms with Crippen LogP contribution in [0.2, 0.25) is 0 Å². The number of rotatable bonds is 7. The van der Waals surface area contributed by atoms with Crippen LogP contribution in [0.1, 0.15) is 37.8 Å². The summed E-state index contributed by atoms with van der Waals surface area (Å²) in [6.07, 6.45) is 2.00. The van der Waals surface area contributed by atoms with Gasteiger partial charge >= 0.3 is 6.09 Å². The number of alkyl carbamates (subject to hydrolysis) is 1. The molecule has 0 unspecified atom stereocenters. The highest BCUT2D eigenvalue weighted by Gasteiger charge is 2.34. The Hall–Kier alpha value is -2.54. The Morgan fingerprint density at radius 2 is 1.83 bits per heavy atom. The molecule has 1 atom stereocenters. The Bertz CT molecular complexity index is 831. The zero-order valence-electron chi connectivity index (χ0n) is 16.5. The van der Waals surface area contributed by atoms with Gasteiger partial charge in [0, 0.05) is 17.6 Å². The van der Waals surface area contributed by atoms with Gasteiger partial charge in [0.1, 0.15) is 6.04 Å². The van der Waals surface area contributed by atoms with Gasteiger partial charge in [-0.25, -0.2) is 4.79 Å². The van der Waals surface area contributed by atoms with Crippen molar-refractivity contribution in [2.24, 2.45) is 0 Å². The SMILES string of the molecule is CCCCOC(=O)N[C@H](C(=O)N1CCCN1c1ccccc1Br)c1ccccc1. The van der Waals surface area contributed by atoms with Crippen LogP contribution in [0, 0.1) is 0 Å². The number of hydrogen-bond acceptors (Lipinski definition) is 4. The molecule has 0 bridgehead atoms. The molecule has 1 saturated heterocycles. The first-order chi connectivity index (χ1) is 14.1. The van der Waals surface area contributed by atoms with E-state index in [9.17, 15) is 9.59 Å². The van der Waals surface area contributed by atoms with Crippen molar-refractivity contribution in [2.45, 2.75) is 32.2 Å². The van der Waals surface area contributed by atoms with E-state index < -0.39 is 12.1 Å². The standard InChI is InChI=1S/C22H26BrN3O3/c1-2-3-16-29-22(28)24-20(17-10-5-4-6-11-17)21(27)26-15-9-14-25(26)19-13-8-7-12-18(19)23/h4-8,10-13,20H,2-3,9,14-16H2,1H3,(H,24,28)/t20-/m0/s1. The van der Waals surface area contributed by atoms with Crippen LogP contribution in [0.15, 0.2) is 59.1 Å². The lowest BCUT2D eigenvalue weighted by Crippen LogP contribution is -2.48. The zero-order valence-corrected chi connectivity index (χ0v) is 18.1. The maximum absolute atomic E-state index is 13.5. The number of hydrazine groups is 1. The predicted octanol–water partition coefficient (Wildman–Crippen LogP) is 4.67. The molecule has 1 heterocycles. The van der Waals surface area contributed by atoms with Crippen LogP contribution >= 0.6 is 15.9 Å². The lowest BCUT2D eigenvalue weighted by molar-refractivity contribution is -0.133. The Kier molecular flexibility index (Phi) is 7.52. The smallest absolute Gasteiger partial charge is 0.408 e. The average Bonchev–Trinajstić information content (AvgIpc) is 3.22. The molecule has 0 saturated carbocycles. The van der Waals surface area contributed by atoms with E-state index in [2.05, 4.69) is 21.2 Å². The summed E-state index contributed by atoms with van der Waals surface area (Å²) in [5.74, 6) is -0.183. The fraction of sp³-hybridized carbons (Fsp3) is 0.364. The minimum atomic E-state index is -0.812. The first kappa shape index (κ1) is 21.2. The Labute approximate surface area is 179 Å². The summed E-state index contributed by atoms with van der Waals surface area (Å²) in [5.41, 5.74) is 1.65. The molecule has 2 aromatic rings. The van der Waals surface area contributed by atoms with Crippen LogP contribution < -0.4 is 10.3 Å². The minimum absolute atomic E-state index is 0.183. The van der Waals surface area contributed by atoms with Crippen LogP contribution in [-0.2, 0) is 9.53 Å². The van der Waals surface area contributed by atoms with E-state index in [4.69, 9.17) is 4.74 Å². The van der Waals surface area contributed by atoms with Gasteiger partial charge in [-0.1, -0.05) is 55.8 Å². The molecule has 2 aromatic carbocycles. The third-order valence-electron chi connectivity index (χ3n) is 4.79. The summed E-state index contributed by atoms with van der Waals surface area (Å²) in [4.78, 5) is 25.8. The van der Waals surface area contributed by atoms with Crippen LogP contribution in [0.4, 0.5) is 10.5 Å². The van der Waals surface area contributed by atoms with Crippen molar-refractivity contribution in [2.75, 3.05) is 24.7 Å². The normalized spacial score (nSPS) is 14.6. The van der Waals surface area contributed by atoms with Crippen molar-refractivity contribution in [3.05, 3.63) is 64.6 Å². The molecule has 29 heavy (non-hydrogen) atoms. The summed E-state index contributed by atoms with van der Waals surface area (Å²) in [6.45, 7) is 3.69. The van der Waals surface area contributed by atoms with Gasteiger partial charge in [-0.15, -0.1) is 0 Å². The first-order valence-electron chi connectivity index (χ1n) is 9.93. The average molecular weight is 460 g/mol. The van der Waals surface area contributed by atoms with Gasteiger partial charge in [0.05, 0.1) is 12.3 Å². The van der Waals surface area contributed by atoms with E-state index in [1.54, 1.807) is 5.01 Å². The number of halogens is 1. The summed E-state index contributed by atoms with van der Waals surface area (Å²) in [5, 5.41) is 6.44. The number of carbonyl (C=O) groups is 2. The molecule has 7 heteroatoms. The van der Waals surface area contributed by atoms with Gasteiger partial charge in [-0.3, -0.25) is 14.8 Å². The molecule has 154 valence electrons. The summed E-state index contributed by atoms with van der Waals surface area (Å²) >= 11 is 3.57. The summed E-state index contributed by atoms with van der Waals surface area (Å²) < 4.78 is 6.16. The highest BCUT2D eigenvalue weighted by atomic mass is 79.9. The van der Waals surface area contributed by atoms with Crippen molar-refractivity contribution in [3.63, 3.8) is 0 Å². The maximum atomic E-state index is 13.5. The van der Waals surface area contributed by atoms with Crippen LogP contribution in [0.3, 0.4) is 0 Å². The highest BCUT2D eigenvalue weighted by molar-refractivity contribution is 9.10. The van der Waals surface area contributed by atoms with Gasteiger partial charge in [-0.05, 0) is 46.5 Å². The Morgan fingerprint density at radius 3 is 2.55 bits per heavy atom. The summed E-state index contributed by atoms with van der Waals surface area (Å²) in [6, 6.07) is 16.3. The number of nitrogens with one attached hydrogen (secondary N) is 1. The fourth-order valence-electron chi connectivity index (χ4n) is 3.30. The van der Waals surface area contributed by atoms with E-state index in [1.807, 2.05) is 66.5 Å².